The van der Waals surface area contributed by atoms with E-state index < -0.39 is 29.2 Å². The summed E-state index contributed by atoms with van der Waals surface area (Å²) in [4.78, 5) is 28.1. The largest absolute Gasteiger partial charge is 0.459 e. The lowest BCUT2D eigenvalue weighted by molar-refractivity contribution is -0.136. The Labute approximate surface area is 157 Å². The third-order valence-corrected chi connectivity index (χ3v) is 3.75. The molecular formula is C19H14F3N3O3. The minimum Gasteiger partial charge on any atom is -0.459 e. The number of anilines is 2. The summed E-state index contributed by atoms with van der Waals surface area (Å²) in [5.41, 5.74) is -0.839. The number of carbonyl (C=O) groups excluding carboxylic acids is 2. The lowest BCUT2D eigenvalue weighted by Crippen LogP contribution is -2.18. The number of aryl methyl sites for hydroxylation is 1. The molecule has 0 unspecified atom stereocenters. The second-order valence-electron chi connectivity index (χ2n) is 5.83. The quantitative estimate of drug-likeness (QED) is 0.688. The van der Waals surface area contributed by atoms with Gasteiger partial charge in [-0.1, -0.05) is 0 Å². The number of halogens is 3. The molecule has 9 heteroatoms. The third-order valence-electron chi connectivity index (χ3n) is 3.75. The van der Waals surface area contributed by atoms with Gasteiger partial charge < -0.3 is 15.1 Å². The molecule has 0 aliphatic rings. The van der Waals surface area contributed by atoms with E-state index in [1.807, 2.05) is 0 Å². The molecule has 0 atom stereocenters. The van der Waals surface area contributed by atoms with Gasteiger partial charge in [0.1, 0.15) is 0 Å². The number of pyridine rings is 1. The lowest BCUT2D eigenvalue weighted by Gasteiger charge is -2.15. The summed E-state index contributed by atoms with van der Waals surface area (Å²) >= 11 is 0. The Morgan fingerprint density at radius 2 is 1.82 bits per heavy atom. The van der Waals surface area contributed by atoms with Crippen LogP contribution in [0, 0.1) is 6.92 Å². The molecule has 3 aromatic rings. The maximum absolute atomic E-state index is 13.5. The third kappa shape index (κ3) is 4.37. The SMILES string of the molecule is Cc1ccc(C(=O)Nc2ccc(NC(=O)c3ccco3)cc2C(F)(F)F)cn1. The Balaban J connectivity index is 1.85. The van der Waals surface area contributed by atoms with Crippen molar-refractivity contribution in [3.05, 3.63) is 77.5 Å². The molecule has 2 amide bonds. The summed E-state index contributed by atoms with van der Waals surface area (Å²) in [6, 6.07) is 8.96. The van der Waals surface area contributed by atoms with E-state index in [0.717, 1.165) is 12.1 Å². The van der Waals surface area contributed by atoms with Crippen molar-refractivity contribution in [1.29, 1.82) is 0 Å². The highest BCUT2D eigenvalue weighted by Gasteiger charge is 2.34. The second-order valence-corrected chi connectivity index (χ2v) is 5.83. The van der Waals surface area contributed by atoms with Crippen LogP contribution in [0.3, 0.4) is 0 Å². The van der Waals surface area contributed by atoms with Gasteiger partial charge in [0.05, 0.1) is 23.1 Å². The minimum absolute atomic E-state index is 0.0437. The number of nitrogens with one attached hydrogen (secondary N) is 2. The highest BCUT2D eigenvalue weighted by atomic mass is 19.4. The summed E-state index contributed by atoms with van der Waals surface area (Å²) in [6.45, 7) is 1.72. The Kier molecular flexibility index (Phi) is 5.16. The highest BCUT2D eigenvalue weighted by molar-refractivity contribution is 6.05. The van der Waals surface area contributed by atoms with Gasteiger partial charge in [-0.25, -0.2) is 0 Å². The molecule has 2 aromatic heterocycles. The van der Waals surface area contributed by atoms with Gasteiger partial charge in [0.2, 0.25) is 0 Å². The van der Waals surface area contributed by atoms with Gasteiger partial charge in [-0.15, -0.1) is 0 Å². The number of hydrogen-bond acceptors (Lipinski definition) is 4. The van der Waals surface area contributed by atoms with E-state index in [2.05, 4.69) is 15.6 Å². The van der Waals surface area contributed by atoms with Gasteiger partial charge in [0.15, 0.2) is 5.76 Å². The molecule has 0 saturated heterocycles. The van der Waals surface area contributed by atoms with Gasteiger partial charge in [0, 0.05) is 17.6 Å². The molecule has 0 spiro atoms. The van der Waals surface area contributed by atoms with Gasteiger partial charge in [0.25, 0.3) is 11.8 Å². The van der Waals surface area contributed by atoms with E-state index in [-0.39, 0.29) is 17.0 Å². The van der Waals surface area contributed by atoms with E-state index in [1.165, 1.54) is 36.7 Å². The van der Waals surface area contributed by atoms with E-state index in [4.69, 9.17) is 4.42 Å². The fourth-order valence-corrected chi connectivity index (χ4v) is 2.36. The predicted octanol–water partition coefficient (Wildman–Crippen LogP) is 4.51. The Hall–Kier alpha value is -3.62. The summed E-state index contributed by atoms with van der Waals surface area (Å²) in [6.07, 6.45) is -2.20. The minimum atomic E-state index is -4.75. The van der Waals surface area contributed by atoms with Crippen LogP contribution < -0.4 is 10.6 Å². The molecule has 0 fully saturated rings. The molecule has 0 aliphatic heterocycles. The van der Waals surface area contributed by atoms with Crippen molar-refractivity contribution >= 4 is 23.2 Å². The molecule has 6 nitrogen and oxygen atoms in total. The topological polar surface area (TPSA) is 84.2 Å². The monoisotopic (exact) mass is 389 g/mol. The summed E-state index contributed by atoms with van der Waals surface area (Å²) < 4.78 is 45.3. The van der Waals surface area contributed by atoms with Crippen LogP contribution in [0.25, 0.3) is 0 Å². The zero-order chi connectivity index (χ0) is 20.3. The van der Waals surface area contributed by atoms with Crippen LogP contribution in [0.5, 0.6) is 0 Å². The molecule has 2 N–H and O–H groups in total. The highest BCUT2D eigenvalue weighted by Crippen LogP contribution is 2.37. The number of amides is 2. The first kappa shape index (κ1) is 19.2. The fraction of sp³-hybridized carbons (Fsp3) is 0.105. The maximum Gasteiger partial charge on any atom is 0.418 e. The number of benzene rings is 1. The van der Waals surface area contributed by atoms with Crippen molar-refractivity contribution < 1.29 is 27.2 Å². The lowest BCUT2D eigenvalue weighted by atomic mass is 10.1. The second kappa shape index (κ2) is 7.55. The molecule has 2 heterocycles. The molecule has 144 valence electrons. The van der Waals surface area contributed by atoms with Crippen LogP contribution in [0.15, 0.2) is 59.3 Å². The van der Waals surface area contributed by atoms with Crippen molar-refractivity contribution in [3.8, 4) is 0 Å². The molecule has 0 radical (unpaired) electrons. The predicted molar refractivity (Wildman–Crippen MR) is 95.0 cm³/mol. The van der Waals surface area contributed by atoms with Gasteiger partial charge in [-0.3, -0.25) is 14.6 Å². The normalized spacial score (nSPS) is 11.1. The fourth-order valence-electron chi connectivity index (χ4n) is 2.36. The first-order valence-corrected chi connectivity index (χ1v) is 8.04. The Morgan fingerprint density at radius 3 is 2.43 bits per heavy atom. The first-order valence-electron chi connectivity index (χ1n) is 8.04. The average molecular weight is 389 g/mol. The van der Waals surface area contributed by atoms with E-state index >= 15 is 0 Å². The van der Waals surface area contributed by atoms with Crippen molar-refractivity contribution in [2.24, 2.45) is 0 Å². The van der Waals surface area contributed by atoms with Crippen molar-refractivity contribution in [2.75, 3.05) is 10.6 Å². The Bertz CT molecular complexity index is 998. The van der Waals surface area contributed by atoms with Crippen LogP contribution in [0.2, 0.25) is 0 Å². The van der Waals surface area contributed by atoms with Crippen molar-refractivity contribution in [2.45, 2.75) is 13.1 Å². The molecule has 3 rings (SSSR count). The Morgan fingerprint density at radius 1 is 1.04 bits per heavy atom. The molecule has 0 saturated carbocycles. The summed E-state index contributed by atoms with van der Waals surface area (Å²) in [7, 11) is 0. The van der Waals surface area contributed by atoms with Crippen LogP contribution in [-0.4, -0.2) is 16.8 Å². The van der Waals surface area contributed by atoms with E-state index in [1.54, 1.807) is 13.0 Å². The number of hydrogen-bond donors (Lipinski definition) is 2. The molecular weight excluding hydrogens is 375 g/mol. The number of alkyl halides is 3. The number of carbonyl (C=O) groups is 2. The number of aromatic nitrogens is 1. The molecule has 28 heavy (non-hydrogen) atoms. The van der Waals surface area contributed by atoms with Crippen LogP contribution in [0.1, 0.15) is 32.2 Å². The summed E-state index contributed by atoms with van der Waals surface area (Å²) in [5.74, 6) is -1.47. The average Bonchev–Trinajstić information content (AvgIpc) is 3.17. The van der Waals surface area contributed by atoms with Gasteiger partial charge in [-0.2, -0.15) is 13.2 Å². The van der Waals surface area contributed by atoms with Crippen LogP contribution in [-0.2, 0) is 6.18 Å². The van der Waals surface area contributed by atoms with Crippen molar-refractivity contribution in [1.82, 2.24) is 4.98 Å². The first-order chi connectivity index (χ1) is 13.2. The molecule has 1 aromatic carbocycles. The number of nitrogens with zero attached hydrogens (tertiary/aromatic N) is 1. The number of rotatable bonds is 4. The van der Waals surface area contributed by atoms with Gasteiger partial charge in [-0.05, 0) is 49.4 Å². The molecule has 0 aliphatic carbocycles. The van der Waals surface area contributed by atoms with E-state index in [0.29, 0.717) is 5.69 Å². The van der Waals surface area contributed by atoms with Crippen molar-refractivity contribution in [3.63, 3.8) is 0 Å². The zero-order valence-corrected chi connectivity index (χ0v) is 14.5. The van der Waals surface area contributed by atoms with Crippen LogP contribution >= 0.6 is 0 Å². The van der Waals surface area contributed by atoms with E-state index in [9.17, 15) is 22.8 Å². The maximum atomic E-state index is 13.5. The zero-order valence-electron chi connectivity index (χ0n) is 14.5. The smallest absolute Gasteiger partial charge is 0.418 e. The van der Waals surface area contributed by atoms with Gasteiger partial charge >= 0.3 is 6.18 Å². The summed E-state index contributed by atoms with van der Waals surface area (Å²) in [5, 5.41) is 4.55. The molecule has 0 bridgehead atoms. The number of furan rings is 1. The van der Waals surface area contributed by atoms with Crippen LogP contribution in [0.4, 0.5) is 24.5 Å². The standard InChI is InChI=1S/C19H14F3N3O3/c1-11-4-5-12(10-23-11)17(26)25-15-7-6-13(9-14(15)19(20,21)22)24-18(27)16-3-2-8-28-16/h2-10H,1H3,(H,24,27)(H,25,26).